The van der Waals surface area contributed by atoms with Crippen molar-refractivity contribution in [3.8, 4) is 0 Å². The highest BCUT2D eigenvalue weighted by Gasteiger charge is 2.31. The van der Waals surface area contributed by atoms with Gasteiger partial charge in [0, 0.05) is 26.2 Å². The minimum Gasteiger partial charge on any atom is -0.380 e. The minimum atomic E-state index is -0.911. The summed E-state index contributed by atoms with van der Waals surface area (Å²) >= 11 is 0. The van der Waals surface area contributed by atoms with Crippen LogP contribution < -0.4 is 0 Å². The number of unbranched alkanes of at least 4 members (excludes halogenated alkanes) is 1. The molecule has 3 heteroatoms. The van der Waals surface area contributed by atoms with Gasteiger partial charge in [0.15, 0.2) is 0 Å². The molecule has 146 valence electrons. The number of piperazine rings is 1. The average molecular weight is 367 g/mol. The molecule has 1 saturated heterocycles. The summed E-state index contributed by atoms with van der Waals surface area (Å²) in [5.74, 6) is 0. The molecule has 0 atom stereocenters. The van der Waals surface area contributed by atoms with Crippen LogP contribution in [-0.2, 0) is 5.60 Å². The molecule has 2 aromatic rings. The van der Waals surface area contributed by atoms with Crippen molar-refractivity contribution in [2.24, 2.45) is 0 Å². The smallest absolute Gasteiger partial charge is 0.115 e. The van der Waals surface area contributed by atoms with E-state index in [1.807, 2.05) is 60.7 Å². The van der Waals surface area contributed by atoms with Crippen molar-refractivity contribution in [2.75, 3.05) is 39.3 Å². The van der Waals surface area contributed by atoms with Crippen LogP contribution in [0.15, 0.2) is 60.7 Å². The Kier molecular flexibility index (Phi) is 7.45. The van der Waals surface area contributed by atoms with E-state index in [4.69, 9.17) is 0 Å². The second kappa shape index (κ2) is 10.0. The number of benzene rings is 2. The molecule has 0 spiro atoms. The number of rotatable bonds is 9. The number of nitrogens with zero attached hydrogens (tertiary/aromatic N) is 2. The van der Waals surface area contributed by atoms with Gasteiger partial charge in [-0.05, 0) is 43.5 Å². The van der Waals surface area contributed by atoms with Crippen LogP contribution in [0.5, 0.6) is 0 Å². The van der Waals surface area contributed by atoms with Crippen molar-refractivity contribution in [3.05, 3.63) is 71.8 Å². The van der Waals surface area contributed by atoms with Gasteiger partial charge in [0.1, 0.15) is 5.60 Å². The van der Waals surface area contributed by atoms with Crippen molar-refractivity contribution in [1.82, 2.24) is 9.80 Å². The predicted molar refractivity (Wildman–Crippen MR) is 113 cm³/mol. The molecule has 0 radical (unpaired) electrons. The number of hydrogen-bond acceptors (Lipinski definition) is 3. The zero-order chi connectivity index (χ0) is 19.0. The summed E-state index contributed by atoms with van der Waals surface area (Å²) in [6, 6.07) is 20.2. The standard InChI is InChI=1S/C24H34N2O/c1-2-3-16-25-18-20-26(21-19-25)17-10-15-24(27,22-11-6-4-7-12-22)23-13-8-5-9-14-23/h4-9,11-14,27H,2-3,10,15-21H2,1H3. The lowest BCUT2D eigenvalue weighted by Gasteiger charge is -2.35. The SMILES string of the molecule is CCCCN1CCN(CCCC(O)(c2ccccc2)c2ccccc2)CC1. The third-order valence-electron chi connectivity index (χ3n) is 5.81. The Labute approximate surface area is 164 Å². The second-order valence-corrected chi connectivity index (χ2v) is 7.73. The fourth-order valence-corrected chi connectivity index (χ4v) is 4.06. The molecule has 0 bridgehead atoms. The molecule has 0 aromatic heterocycles. The van der Waals surface area contributed by atoms with E-state index in [0.29, 0.717) is 0 Å². The van der Waals surface area contributed by atoms with Crippen molar-refractivity contribution in [2.45, 2.75) is 38.2 Å². The van der Waals surface area contributed by atoms with Crippen LogP contribution in [0.4, 0.5) is 0 Å². The molecule has 1 aliphatic rings. The van der Waals surface area contributed by atoms with Gasteiger partial charge < -0.3 is 14.9 Å². The Hall–Kier alpha value is -1.68. The van der Waals surface area contributed by atoms with Gasteiger partial charge in [-0.2, -0.15) is 0 Å². The predicted octanol–water partition coefficient (Wildman–Crippen LogP) is 4.12. The molecule has 3 rings (SSSR count). The first-order valence-electron chi connectivity index (χ1n) is 10.5. The third kappa shape index (κ3) is 5.41. The molecule has 1 heterocycles. The Morgan fingerprint density at radius 3 is 1.63 bits per heavy atom. The first-order chi connectivity index (χ1) is 13.2. The highest BCUT2D eigenvalue weighted by molar-refractivity contribution is 5.35. The molecule has 27 heavy (non-hydrogen) atoms. The van der Waals surface area contributed by atoms with Crippen molar-refractivity contribution >= 4 is 0 Å². The lowest BCUT2D eigenvalue weighted by molar-refractivity contribution is 0.0605. The van der Waals surface area contributed by atoms with Crippen LogP contribution >= 0.6 is 0 Å². The maximum atomic E-state index is 11.6. The van der Waals surface area contributed by atoms with E-state index < -0.39 is 5.60 Å². The number of hydrogen-bond donors (Lipinski definition) is 1. The topological polar surface area (TPSA) is 26.7 Å². The van der Waals surface area contributed by atoms with Crippen molar-refractivity contribution in [3.63, 3.8) is 0 Å². The molecule has 1 fully saturated rings. The monoisotopic (exact) mass is 366 g/mol. The maximum absolute atomic E-state index is 11.6. The lowest BCUT2D eigenvalue weighted by Crippen LogP contribution is -2.46. The van der Waals surface area contributed by atoms with Gasteiger partial charge in [0.05, 0.1) is 0 Å². The fraction of sp³-hybridized carbons (Fsp3) is 0.500. The van der Waals surface area contributed by atoms with Crippen LogP contribution in [0, 0.1) is 0 Å². The van der Waals surface area contributed by atoms with Gasteiger partial charge in [-0.15, -0.1) is 0 Å². The summed E-state index contributed by atoms with van der Waals surface area (Å²) in [5, 5.41) is 11.6. The van der Waals surface area contributed by atoms with E-state index in [9.17, 15) is 5.11 Å². The van der Waals surface area contributed by atoms with E-state index in [1.165, 1.54) is 32.5 Å². The zero-order valence-electron chi connectivity index (χ0n) is 16.7. The van der Waals surface area contributed by atoms with Crippen molar-refractivity contribution < 1.29 is 5.11 Å². The Morgan fingerprint density at radius 2 is 1.19 bits per heavy atom. The largest absolute Gasteiger partial charge is 0.380 e. The van der Waals surface area contributed by atoms with Gasteiger partial charge in [-0.25, -0.2) is 0 Å². The summed E-state index contributed by atoms with van der Waals surface area (Å²) < 4.78 is 0. The van der Waals surface area contributed by atoms with Gasteiger partial charge in [0.2, 0.25) is 0 Å². The Balaban J connectivity index is 1.57. The molecular formula is C24H34N2O. The molecule has 1 N–H and O–H groups in total. The highest BCUT2D eigenvalue weighted by atomic mass is 16.3. The number of aliphatic hydroxyl groups is 1. The van der Waals surface area contributed by atoms with E-state index >= 15 is 0 Å². The van der Waals surface area contributed by atoms with Crippen LogP contribution in [0.3, 0.4) is 0 Å². The maximum Gasteiger partial charge on any atom is 0.115 e. The van der Waals surface area contributed by atoms with Crippen LogP contribution in [0.25, 0.3) is 0 Å². The van der Waals surface area contributed by atoms with Crippen LogP contribution in [0.2, 0.25) is 0 Å². The van der Waals surface area contributed by atoms with Gasteiger partial charge >= 0.3 is 0 Å². The van der Waals surface area contributed by atoms with Crippen LogP contribution in [-0.4, -0.2) is 54.2 Å². The first kappa shape index (κ1) is 20.1. The molecule has 0 saturated carbocycles. The summed E-state index contributed by atoms with van der Waals surface area (Å²) in [5.41, 5.74) is 1.06. The van der Waals surface area contributed by atoms with E-state index in [0.717, 1.165) is 43.6 Å². The Bertz CT molecular complexity index is 611. The van der Waals surface area contributed by atoms with Crippen LogP contribution in [0.1, 0.15) is 43.7 Å². The lowest BCUT2D eigenvalue weighted by atomic mass is 9.82. The first-order valence-corrected chi connectivity index (χ1v) is 10.5. The van der Waals surface area contributed by atoms with Gasteiger partial charge in [-0.3, -0.25) is 0 Å². The molecule has 1 aliphatic heterocycles. The second-order valence-electron chi connectivity index (χ2n) is 7.73. The zero-order valence-corrected chi connectivity index (χ0v) is 16.7. The van der Waals surface area contributed by atoms with Crippen molar-refractivity contribution in [1.29, 1.82) is 0 Å². The van der Waals surface area contributed by atoms with E-state index in [-0.39, 0.29) is 0 Å². The van der Waals surface area contributed by atoms with E-state index in [2.05, 4.69) is 16.7 Å². The third-order valence-corrected chi connectivity index (χ3v) is 5.81. The summed E-state index contributed by atoms with van der Waals surface area (Å²) in [6.07, 6.45) is 4.32. The molecule has 0 amide bonds. The fourth-order valence-electron chi connectivity index (χ4n) is 4.06. The Morgan fingerprint density at radius 1 is 0.741 bits per heavy atom. The minimum absolute atomic E-state index is 0.747. The molecule has 0 unspecified atom stereocenters. The quantitative estimate of drug-likeness (QED) is 0.723. The van der Waals surface area contributed by atoms with Gasteiger partial charge in [0.25, 0.3) is 0 Å². The molecular weight excluding hydrogens is 332 g/mol. The molecule has 0 aliphatic carbocycles. The highest BCUT2D eigenvalue weighted by Crippen LogP contribution is 2.34. The normalized spacial score (nSPS) is 16.5. The summed E-state index contributed by atoms with van der Waals surface area (Å²) in [4.78, 5) is 5.14. The average Bonchev–Trinajstić information content (AvgIpc) is 2.74. The molecule has 3 nitrogen and oxygen atoms in total. The van der Waals surface area contributed by atoms with Gasteiger partial charge in [-0.1, -0.05) is 74.0 Å². The summed E-state index contributed by atoms with van der Waals surface area (Å²) in [7, 11) is 0. The van der Waals surface area contributed by atoms with E-state index in [1.54, 1.807) is 0 Å². The molecule has 2 aromatic carbocycles. The summed E-state index contributed by atoms with van der Waals surface area (Å²) in [6.45, 7) is 9.23.